The van der Waals surface area contributed by atoms with Crippen LogP contribution in [0.1, 0.15) is 23.7 Å². The Balaban J connectivity index is 2.51. The van der Waals surface area contributed by atoms with Gasteiger partial charge in [0.2, 0.25) is 0 Å². The molecule has 2 aromatic carbocycles. The van der Waals surface area contributed by atoms with Crippen molar-refractivity contribution < 1.29 is 13.6 Å². The summed E-state index contributed by atoms with van der Waals surface area (Å²) in [6.45, 7) is 1.76. The maximum Gasteiger partial charge on any atom is 0.166 e. The molecule has 0 aliphatic carbocycles. The summed E-state index contributed by atoms with van der Waals surface area (Å²) in [7, 11) is 0. The Bertz CT molecular complexity index is 591. The lowest BCUT2D eigenvalue weighted by Crippen LogP contribution is -1.97. The Labute approximate surface area is 104 Å². The van der Waals surface area contributed by atoms with E-state index in [-0.39, 0.29) is 11.3 Å². The van der Waals surface area contributed by atoms with Gasteiger partial charge in [0, 0.05) is 17.5 Å². The van der Waals surface area contributed by atoms with E-state index in [9.17, 15) is 13.6 Å². The van der Waals surface area contributed by atoms with Crippen molar-refractivity contribution in [1.82, 2.24) is 0 Å². The van der Waals surface area contributed by atoms with E-state index in [4.69, 9.17) is 0 Å². The topological polar surface area (TPSA) is 17.1 Å². The number of benzene rings is 2. The van der Waals surface area contributed by atoms with Crippen LogP contribution in [-0.4, -0.2) is 5.78 Å². The SMILES string of the molecule is CCC(=O)c1cccc(-c2cccc(F)c2F)c1. The molecular weight excluding hydrogens is 234 g/mol. The van der Waals surface area contributed by atoms with Gasteiger partial charge < -0.3 is 0 Å². The third-order valence-electron chi connectivity index (χ3n) is 2.77. The van der Waals surface area contributed by atoms with E-state index in [1.54, 1.807) is 31.2 Å². The molecule has 0 fully saturated rings. The lowest BCUT2D eigenvalue weighted by atomic mass is 10.00. The van der Waals surface area contributed by atoms with Gasteiger partial charge in [0.05, 0.1) is 0 Å². The van der Waals surface area contributed by atoms with Crippen LogP contribution in [0.15, 0.2) is 42.5 Å². The van der Waals surface area contributed by atoms with Gasteiger partial charge in [-0.1, -0.05) is 37.3 Å². The normalized spacial score (nSPS) is 10.4. The van der Waals surface area contributed by atoms with Gasteiger partial charge in [-0.2, -0.15) is 0 Å². The third-order valence-corrected chi connectivity index (χ3v) is 2.77. The number of halogens is 2. The van der Waals surface area contributed by atoms with Gasteiger partial charge in [-0.25, -0.2) is 8.78 Å². The van der Waals surface area contributed by atoms with Crippen LogP contribution in [0.25, 0.3) is 11.1 Å². The largest absolute Gasteiger partial charge is 0.294 e. The molecule has 92 valence electrons. The van der Waals surface area contributed by atoms with E-state index in [1.807, 2.05) is 0 Å². The lowest BCUT2D eigenvalue weighted by Gasteiger charge is -2.06. The highest BCUT2D eigenvalue weighted by atomic mass is 19.2. The summed E-state index contributed by atoms with van der Waals surface area (Å²) < 4.78 is 26.8. The minimum atomic E-state index is -0.890. The summed E-state index contributed by atoms with van der Waals surface area (Å²) in [5, 5.41) is 0. The zero-order chi connectivity index (χ0) is 13.1. The summed E-state index contributed by atoms with van der Waals surface area (Å²) in [4.78, 5) is 11.6. The zero-order valence-corrected chi connectivity index (χ0v) is 9.91. The highest BCUT2D eigenvalue weighted by molar-refractivity contribution is 5.97. The molecule has 3 heteroatoms. The second-order valence-corrected chi connectivity index (χ2v) is 3.96. The Morgan fingerprint density at radius 2 is 1.83 bits per heavy atom. The van der Waals surface area contributed by atoms with Crippen molar-refractivity contribution in [2.45, 2.75) is 13.3 Å². The first-order valence-corrected chi connectivity index (χ1v) is 5.71. The molecule has 2 aromatic rings. The molecular formula is C15H12F2O. The minimum Gasteiger partial charge on any atom is -0.294 e. The van der Waals surface area contributed by atoms with Crippen molar-refractivity contribution in [3.63, 3.8) is 0 Å². The number of hydrogen-bond donors (Lipinski definition) is 0. The van der Waals surface area contributed by atoms with E-state index in [0.717, 1.165) is 6.07 Å². The molecule has 0 N–H and O–H groups in total. The van der Waals surface area contributed by atoms with Crippen LogP contribution < -0.4 is 0 Å². The number of carbonyl (C=O) groups is 1. The van der Waals surface area contributed by atoms with Crippen molar-refractivity contribution >= 4 is 5.78 Å². The molecule has 0 spiro atoms. The van der Waals surface area contributed by atoms with Gasteiger partial charge >= 0.3 is 0 Å². The predicted molar refractivity (Wildman–Crippen MR) is 66.4 cm³/mol. The first-order chi connectivity index (χ1) is 8.63. The van der Waals surface area contributed by atoms with Crippen LogP contribution in [0.2, 0.25) is 0 Å². The highest BCUT2D eigenvalue weighted by Gasteiger charge is 2.11. The van der Waals surface area contributed by atoms with E-state index in [0.29, 0.717) is 17.5 Å². The third kappa shape index (κ3) is 2.30. The molecule has 2 rings (SSSR count). The highest BCUT2D eigenvalue weighted by Crippen LogP contribution is 2.25. The van der Waals surface area contributed by atoms with Crippen molar-refractivity contribution in [3.05, 3.63) is 59.7 Å². The summed E-state index contributed by atoms with van der Waals surface area (Å²) in [6.07, 6.45) is 0.384. The summed E-state index contributed by atoms with van der Waals surface area (Å²) in [5.74, 6) is -1.80. The van der Waals surface area contributed by atoms with Crippen LogP contribution in [-0.2, 0) is 0 Å². The summed E-state index contributed by atoms with van der Waals surface area (Å²) in [6, 6.07) is 10.6. The van der Waals surface area contributed by atoms with Crippen molar-refractivity contribution in [2.75, 3.05) is 0 Å². The molecule has 0 aliphatic rings. The van der Waals surface area contributed by atoms with E-state index >= 15 is 0 Å². The average Bonchev–Trinajstić information content (AvgIpc) is 2.41. The minimum absolute atomic E-state index is 0.0198. The molecule has 0 saturated carbocycles. The molecule has 18 heavy (non-hydrogen) atoms. The van der Waals surface area contributed by atoms with Crippen molar-refractivity contribution in [1.29, 1.82) is 0 Å². The van der Waals surface area contributed by atoms with E-state index in [1.165, 1.54) is 12.1 Å². The molecule has 0 aliphatic heterocycles. The number of ketones is 1. The molecule has 1 nitrogen and oxygen atoms in total. The van der Waals surface area contributed by atoms with Crippen LogP contribution in [0, 0.1) is 11.6 Å². The molecule has 0 aromatic heterocycles. The smallest absolute Gasteiger partial charge is 0.166 e. The van der Waals surface area contributed by atoms with Crippen molar-refractivity contribution in [3.8, 4) is 11.1 Å². The van der Waals surface area contributed by atoms with Gasteiger partial charge in [-0.15, -0.1) is 0 Å². The Kier molecular flexibility index (Phi) is 3.51. The Morgan fingerprint density at radius 3 is 2.56 bits per heavy atom. The molecule has 0 bridgehead atoms. The van der Waals surface area contributed by atoms with Gasteiger partial charge in [0.1, 0.15) is 0 Å². The number of carbonyl (C=O) groups excluding carboxylic acids is 1. The molecule has 0 saturated heterocycles. The van der Waals surface area contributed by atoms with Gasteiger partial charge in [0.15, 0.2) is 17.4 Å². The molecule has 0 radical (unpaired) electrons. The second kappa shape index (κ2) is 5.08. The van der Waals surface area contributed by atoms with Gasteiger partial charge in [0.25, 0.3) is 0 Å². The first kappa shape index (κ1) is 12.4. The summed E-state index contributed by atoms with van der Waals surface area (Å²) in [5.41, 5.74) is 1.19. The maximum atomic E-state index is 13.6. The zero-order valence-electron chi connectivity index (χ0n) is 9.91. The quantitative estimate of drug-likeness (QED) is 0.741. The van der Waals surface area contributed by atoms with E-state index in [2.05, 4.69) is 0 Å². The number of rotatable bonds is 3. The van der Waals surface area contributed by atoms with E-state index < -0.39 is 11.6 Å². The lowest BCUT2D eigenvalue weighted by molar-refractivity contribution is 0.0988. The fourth-order valence-corrected chi connectivity index (χ4v) is 1.79. The summed E-state index contributed by atoms with van der Waals surface area (Å²) >= 11 is 0. The van der Waals surface area contributed by atoms with Gasteiger partial charge in [-0.05, 0) is 17.7 Å². The fraction of sp³-hybridized carbons (Fsp3) is 0.133. The van der Waals surface area contributed by atoms with Crippen LogP contribution >= 0.6 is 0 Å². The van der Waals surface area contributed by atoms with Crippen molar-refractivity contribution in [2.24, 2.45) is 0 Å². The maximum absolute atomic E-state index is 13.6. The number of hydrogen-bond acceptors (Lipinski definition) is 1. The average molecular weight is 246 g/mol. The molecule has 0 unspecified atom stereocenters. The molecule has 0 amide bonds. The fourth-order valence-electron chi connectivity index (χ4n) is 1.79. The monoisotopic (exact) mass is 246 g/mol. The Hall–Kier alpha value is -2.03. The van der Waals surface area contributed by atoms with Gasteiger partial charge in [-0.3, -0.25) is 4.79 Å². The van der Waals surface area contributed by atoms with Crippen LogP contribution in [0.5, 0.6) is 0 Å². The predicted octanol–water partition coefficient (Wildman–Crippen LogP) is 4.22. The number of Topliss-reactive ketones (excluding diaryl/α,β-unsaturated/α-hetero) is 1. The Morgan fingerprint density at radius 1 is 1.11 bits per heavy atom. The first-order valence-electron chi connectivity index (χ1n) is 5.71. The second-order valence-electron chi connectivity index (χ2n) is 3.96. The molecule has 0 atom stereocenters. The van der Waals surface area contributed by atoms with Crippen LogP contribution in [0.3, 0.4) is 0 Å². The standard InChI is InChI=1S/C15H12F2O/c1-2-14(18)11-6-3-5-10(9-11)12-7-4-8-13(16)15(12)17/h3-9H,2H2,1H3. The molecule has 0 heterocycles. The van der Waals surface area contributed by atoms with Crippen LogP contribution in [0.4, 0.5) is 8.78 Å².